The van der Waals surface area contributed by atoms with Crippen LogP contribution in [0, 0.1) is 5.82 Å². The second-order valence-corrected chi connectivity index (χ2v) is 6.61. The molecule has 0 radical (unpaired) electrons. The van der Waals surface area contributed by atoms with E-state index in [0.717, 1.165) is 37.3 Å². The normalized spacial score (nSPS) is 16.8. The van der Waals surface area contributed by atoms with Crippen LogP contribution in [0.4, 0.5) is 4.39 Å². The lowest BCUT2D eigenvalue weighted by atomic mass is 10.1. The van der Waals surface area contributed by atoms with Gasteiger partial charge in [-0.3, -0.25) is 4.79 Å². The van der Waals surface area contributed by atoms with Gasteiger partial charge in [0, 0.05) is 13.2 Å². The summed E-state index contributed by atoms with van der Waals surface area (Å²) in [5.74, 6) is -0.440. The fourth-order valence-corrected chi connectivity index (χ4v) is 3.43. The fraction of sp³-hybridized carbons (Fsp3) is 0.500. The van der Waals surface area contributed by atoms with Gasteiger partial charge in [-0.25, -0.2) is 9.07 Å². The molecule has 5 nitrogen and oxygen atoms in total. The molecule has 0 spiro atoms. The third kappa shape index (κ3) is 3.96. The van der Waals surface area contributed by atoms with E-state index in [0.29, 0.717) is 30.6 Å². The zero-order chi connectivity index (χ0) is 18.5. The van der Waals surface area contributed by atoms with Gasteiger partial charge in [0.1, 0.15) is 5.82 Å². The van der Waals surface area contributed by atoms with Gasteiger partial charge in [-0.15, -0.1) is 0 Å². The van der Waals surface area contributed by atoms with Gasteiger partial charge in [-0.1, -0.05) is 26.3 Å². The largest absolute Gasteiger partial charge is 0.376 e. The third-order valence-electron chi connectivity index (χ3n) is 4.67. The number of rotatable bonds is 7. The molecule has 0 bridgehead atoms. The maximum atomic E-state index is 13.7. The molecular weight excluding hydrogens is 333 g/mol. The Hall–Kier alpha value is -2.21. The molecule has 0 unspecified atom stereocenters. The van der Waals surface area contributed by atoms with Gasteiger partial charge in [-0.2, -0.15) is 5.10 Å². The highest BCUT2D eigenvalue weighted by atomic mass is 19.1. The number of nitrogens with zero attached hydrogens (tertiary/aromatic N) is 2. The Kier molecular flexibility index (Phi) is 6.04. The second-order valence-electron chi connectivity index (χ2n) is 6.61. The van der Waals surface area contributed by atoms with Crippen molar-refractivity contribution >= 4 is 5.91 Å². The summed E-state index contributed by atoms with van der Waals surface area (Å²) >= 11 is 0. The van der Waals surface area contributed by atoms with E-state index in [2.05, 4.69) is 17.3 Å². The lowest BCUT2D eigenvalue weighted by molar-refractivity contribution is 0.0856. The molecule has 1 aromatic heterocycles. The minimum atomic E-state index is -0.318. The van der Waals surface area contributed by atoms with E-state index in [1.807, 2.05) is 6.92 Å². The first-order chi connectivity index (χ1) is 12.6. The van der Waals surface area contributed by atoms with Crippen molar-refractivity contribution in [2.75, 3.05) is 13.2 Å². The van der Waals surface area contributed by atoms with Crippen molar-refractivity contribution in [1.29, 1.82) is 0 Å². The summed E-state index contributed by atoms with van der Waals surface area (Å²) in [6.45, 7) is 5.32. The van der Waals surface area contributed by atoms with Crippen LogP contribution < -0.4 is 5.32 Å². The van der Waals surface area contributed by atoms with Crippen molar-refractivity contribution in [3.63, 3.8) is 0 Å². The molecule has 1 aliphatic rings. The molecule has 26 heavy (non-hydrogen) atoms. The highest BCUT2D eigenvalue weighted by Crippen LogP contribution is 2.22. The number of aryl methyl sites for hydroxylation is 1. The molecular formula is C20H26FN3O2. The van der Waals surface area contributed by atoms with E-state index < -0.39 is 0 Å². The van der Waals surface area contributed by atoms with E-state index >= 15 is 0 Å². The van der Waals surface area contributed by atoms with Crippen LogP contribution in [0.25, 0.3) is 5.69 Å². The summed E-state index contributed by atoms with van der Waals surface area (Å²) in [4.78, 5) is 12.9. The molecule has 2 heterocycles. The SMILES string of the molecule is CCCc1nn(-c2cccc(F)c2)c(CC)c1C(=O)NC[C@H]1CCCO1. The molecule has 1 N–H and O–H groups in total. The second kappa shape index (κ2) is 8.45. The van der Waals surface area contributed by atoms with Gasteiger partial charge < -0.3 is 10.1 Å². The van der Waals surface area contributed by atoms with Crippen molar-refractivity contribution in [2.24, 2.45) is 0 Å². The standard InChI is InChI=1S/C20H26FN3O2/c1-3-7-17-19(20(25)22-13-16-10-6-11-26-16)18(4-2)24(23-17)15-9-5-8-14(21)12-15/h5,8-9,12,16H,3-4,6-7,10-11,13H2,1-2H3,(H,22,25)/t16-/m1/s1. The van der Waals surface area contributed by atoms with Gasteiger partial charge in [0.15, 0.2) is 0 Å². The number of amides is 1. The van der Waals surface area contributed by atoms with Crippen molar-refractivity contribution in [1.82, 2.24) is 15.1 Å². The number of carbonyl (C=O) groups is 1. The summed E-state index contributed by atoms with van der Waals surface area (Å²) in [6.07, 6.45) is 4.34. The van der Waals surface area contributed by atoms with Gasteiger partial charge in [0.05, 0.1) is 28.7 Å². The Bertz CT molecular complexity index is 766. The molecule has 0 saturated carbocycles. The third-order valence-corrected chi connectivity index (χ3v) is 4.67. The number of aromatic nitrogens is 2. The van der Waals surface area contributed by atoms with Crippen LogP contribution in [-0.2, 0) is 17.6 Å². The van der Waals surface area contributed by atoms with Gasteiger partial charge in [0.25, 0.3) is 5.91 Å². The summed E-state index contributed by atoms with van der Waals surface area (Å²) in [7, 11) is 0. The number of hydrogen-bond donors (Lipinski definition) is 1. The molecule has 140 valence electrons. The first kappa shape index (κ1) is 18.6. The molecule has 1 atom stereocenters. The maximum absolute atomic E-state index is 13.7. The van der Waals surface area contributed by atoms with Crippen LogP contribution in [0.3, 0.4) is 0 Å². The van der Waals surface area contributed by atoms with Crippen molar-refractivity contribution in [3.05, 3.63) is 47.0 Å². The number of nitrogens with one attached hydrogen (secondary N) is 1. The molecule has 1 aliphatic heterocycles. The van der Waals surface area contributed by atoms with Crippen LogP contribution in [0.2, 0.25) is 0 Å². The van der Waals surface area contributed by atoms with Gasteiger partial charge in [-0.05, 0) is 43.9 Å². The van der Waals surface area contributed by atoms with E-state index in [4.69, 9.17) is 4.74 Å². The molecule has 0 aliphatic carbocycles. The van der Waals surface area contributed by atoms with E-state index in [9.17, 15) is 9.18 Å². The Balaban J connectivity index is 1.92. The predicted octanol–water partition coefficient (Wildman–Crippen LogP) is 3.44. The number of hydrogen-bond acceptors (Lipinski definition) is 3. The van der Waals surface area contributed by atoms with Crippen LogP contribution in [0.15, 0.2) is 24.3 Å². The summed E-state index contributed by atoms with van der Waals surface area (Å²) in [6, 6.07) is 6.30. The monoisotopic (exact) mass is 359 g/mol. The maximum Gasteiger partial charge on any atom is 0.255 e. The highest BCUT2D eigenvalue weighted by molar-refractivity contribution is 5.96. The smallest absolute Gasteiger partial charge is 0.255 e. The molecule has 2 aromatic rings. The van der Waals surface area contributed by atoms with Crippen molar-refractivity contribution in [3.8, 4) is 5.69 Å². The number of carbonyl (C=O) groups excluding carboxylic acids is 1. The van der Waals surface area contributed by atoms with E-state index in [-0.39, 0.29) is 17.8 Å². The molecule has 3 rings (SSSR count). The van der Waals surface area contributed by atoms with E-state index in [1.165, 1.54) is 12.1 Å². The first-order valence-electron chi connectivity index (χ1n) is 9.40. The van der Waals surface area contributed by atoms with Crippen LogP contribution in [-0.4, -0.2) is 34.9 Å². The Morgan fingerprint density at radius 1 is 1.42 bits per heavy atom. The zero-order valence-corrected chi connectivity index (χ0v) is 15.4. The van der Waals surface area contributed by atoms with Crippen LogP contribution in [0.1, 0.15) is 54.9 Å². The van der Waals surface area contributed by atoms with Crippen molar-refractivity contribution in [2.45, 2.75) is 52.1 Å². The topological polar surface area (TPSA) is 56.2 Å². The number of halogens is 1. The van der Waals surface area contributed by atoms with Gasteiger partial charge in [0.2, 0.25) is 0 Å². The lowest BCUT2D eigenvalue weighted by Crippen LogP contribution is -2.32. The van der Waals surface area contributed by atoms with Crippen LogP contribution >= 0.6 is 0 Å². The molecule has 1 aromatic carbocycles. The summed E-state index contributed by atoms with van der Waals surface area (Å²) in [5.41, 5.74) is 2.83. The Labute approximate surface area is 153 Å². The predicted molar refractivity (Wildman–Crippen MR) is 98.2 cm³/mol. The summed E-state index contributed by atoms with van der Waals surface area (Å²) in [5, 5.41) is 7.64. The van der Waals surface area contributed by atoms with E-state index in [1.54, 1.807) is 16.8 Å². The minimum Gasteiger partial charge on any atom is -0.376 e. The quantitative estimate of drug-likeness (QED) is 0.824. The molecule has 1 fully saturated rings. The Morgan fingerprint density at radius 2 is 2.27 bits per heavy atom. The average molecular weight is 359 g/mol. The van der Waals surface area contributed by atoms with Crippen LogP contribution in [0.5, 0.6) is 0 Å². The zero-order valence-electron chi connectivity index (χ0n) is 15.4. The molecule has 1 saturated heterocycles. The molecule has 6 heteroatoms. The average Bonchev–Trinajstić information content (AvgIpc) is 3.27. The van der Waals surface area contributed by atoms with Gasteiger partial charge >= 0.3 is 0 Å². The summed E-state index contributed by atoms with van der Waals surface area (Å²) < 4.78 is 20.9. The Morgan fingerprint density at radius 3 is 2.92 bits per heavy atom. The number of ether oxygens (including phenoxy) is 1. The van der Waals surface area contributed by atoms with Crippen molar-refractivity contribution < 1.29 is 13.9 Å². The number of benzene rings is 1. The minimum absolute atomic E-state index is 0.0944. The first-order valence-corrected chi connectivity index (χ1v) is 9.40. The highest BCUT2D eigenvalue weighted by Gasteiger charge is 2.24. The molecule has 1 amide bonds. The fourth-order valence-electron chi connectivity index (χ4n) is 3.43. The lowest BCUT2D eigenvalue weighted by Gasteiger charge is -2.12.